The average Bonchev–Trinajstić information content (AvgIpc) is 3.03. The predicted molar refractivity (Wildman–Crippen MR) is 87.9 cm³/mol. The van der Waals surface area contributed by atoms with E-state index < -0.39 is 6.04 Å². The van der Waals surface area contributed by atoms with Crippen LogP contribution in [0.15, 0.2) is 55.1 Å². The van der Waals surface area contributed by atoms with Gasteiger partial charge in [0, 0.05) is 18.7 Å². The van der Waals surface area contributed by atoms with Gasteiger partial charge < -0.3 is 19.7 Å². The van der Waals surface area contributed by atoms with Crippen LogP contribution in [0.2, 0.25) is 0 Å². The van der Waals surface area contributed by atoms with Crippen molar-refractivity contribution in [2.75, 3.05) is 23.6 Å². The second kappa shape index (κ2) is 5.35. The lowest BCUT2D eigenvalue weighted by Gasteiger charge is -2.35. The summed E-state index contributed by atoms with van der Waals surface area (Å²) in [5.74, 6) is 1.34. The molecule has 116 valence electrons. The molecule has 0 spiro atoms. The Morgan fingerprint density at radius 3 is 2.70 bits per heavy atom. The molecule has 2 aromatic carbocycles. The van der Waals surface area contributed by atoms with Gasteiger partial charge in [0.2, 0.25) is 6.79 Å². The summed E-state index contributed by atoms with van der Waals surface area (Å²) in [6, 6.07) is 13.0. The Morgan fingerprint density at radius 1 is 1.22 bits per heavy atom. The van der Waals surface area contributed by atoms with Gasteiger partial charge in [0.15, 0.2) is 11.5 Å². The van der Waals surface area contributed by atoms with Crippen molar-refractivity contribution in [3.63, 3.8) is 0 Å². The van der Waals surface area contributed by atoms with Crippen LogP contribution in [-0.2, 0) is 4.79 Å². The number of hydrogen-bond donors (Lipinski definition) is 1. The summed E-state index contributed by atoms with van der Waals surface area (Å²) in [6.07, 6.45) is 1.72. The highest BCUT2D eigenvalue weighted by Gasteiger charge is 2.34. The fraction of sp³-hybridized carbons (Fsp3) is 0.167. The van der Waals surface area contributed by atoms with Crippen molar-refractivity contribution in [2.45, 2.75) is 6.04 Å². The standard InChI is InChI=1S/C18H16N2O3/c1-2-8-20-14-10-16-15(22-11-23-16)9-13(14)19-17(18(20)21)12-6-4-3-5-7-12/h2-7,9-10,17,19H,1,8,11H2. The van der Waals surface area contributed by atoms with E-state index in [-0.39, 0.29) is 12.7 Å². The first-order chi connectivity index (χ1) is 11.3. The smallest absolute Gasteiger partial charge is 0.254 e. The second-order valence-corrected chi connectivity index (χ2v) is 5.45. The summed E-state index contributed by atoms with van der Waals surface area (Å²) < 4.78 is 10.9. The number of carbonyl (C=O) groups excluding carboxylic acids is 1. The molecule has 5 heteroatoms. The van der Waals surface area contributed by atoms with Crippen LogP contribution in [0, 0.1) is 0 Å². The van der Waals surface area contributed by atoms with E-state index in [1.165, 1.54) is 0 Å². The van der Waals surface area contributed by atoms with Crippen LogP contribution in [0.1, 0.15) is 11.6 Å². The van der Waals surface area contributed by atoms with E-state index in [9.17, 15) is 4.79 Å². The van der Waals surface area contributed by atoms with Crippen molar-refractivity contribution < 1.29 is 14.3 Å². The largest absolute Gasteiger partial charge is 0.454 e. The van der Waals surface area contributed by atoms with Crippen LogP contribution in [0.25, 0.3) is 0 Å². The Balaban J connectivity index is 1.81. The molecule has 2 heterocycles. The molecule has 23 heavy (non-hydrogen) atoms. The fourth-order valence-corrected chi connectivity index (χ4v) is 2.95. The molecule has 0 saturated heterocycles. The topological polar surface area (TPSA) is 50.8 Å². The highest BCUT2D eigenvalue weighted by atomic mass is 16.7. The highest BCUT2D eigenvalue weighted by Crippen LogP contribution is 2.45. The van der Waals surface area contributed by atoms with Crippen molar-refractivity contribution in [2.24, 2.45) is 0 Å². The summed E-state index contributed by atoms with van der Waals surface area (Å²) >= 11 is 0. The zero-order chi connectivity index (χ0) is 15.8. The number of rotatable bonds is 3. The van der Waals surface area contributed by atoms with Gasteiger partial charge in [0.1, 0.15) is 6.04 Å². The summed E-state index contributed by atoms with van der Waals surface area (Å²) in [4.78, 5) is 14.6. The Morgan fingerprint density at radius 2 is 1.96 bits per heavy atom. The number of ether oxygens (including phenoxy) is 2. The van der Waals surface area contributed by atoms with Gasteiger partial charge in [-0.3, -0.25) is 4.79 Å². The molecule has 2 aromatic rings. The first-order valence-electron chi connectivity index (χ1n) is 7.45. The van der Waals surface area contributed by atoms with E-state index >= 15 is 0 Å². The van der Waals surface area contributed by atoms with E-state index in [1.54, 1.807) is 11.0 Å². The number of fused-ring (bicyclic) bond motifs is 2. The molecule has 0 fully saturated rings. The third-order valence-corrected chi connectivity index (χ3v) is 4.04. The summed E-state index contributed by atoms with van der Waals surface area (Å²) in [6.45, 7) is 4.41. The molecular weight excluding hydrogens is 292 g/mol. The summed E-state index contributed by atoms with van der Waals surface area (Å²) in [5, 5.41) is 3.32. The maximum absolute atomic E-state index is 12.9. The minimum atomic E-state index is -0.427. The first-order valence-corrected chi connectivity index (χ1v) is 7.45. The minimum Gasteiger partial charge on any atom is -0.454 e. The molecule has 5 nitrogen and oxygen atoms in total. The zero-order valence-corrected chi connectivity index (χ0v) is 12.5. The molecule has 1 unspecified atom stereocenters. The predicted octanol–water partition coefficient (Wildman–Crippen LogP) is 3.10. The van der Waals surface area contributed by atoms with E-state index in [0.717, 1.165) is 16.9 Å². The molecule has 0 saturated carbocycles. The number of hydrogen-bond acceptors (Lipinski definition) is 4. The third kappa shape index (κ3) is 2.21. The average molecular weight is 308 g/mol. The molecule has 1 amide bonds. The number of nitrogens with one attached hydrogen (secondary N) is 1. The molecule has 2 aliphatic heterocycles. The molecule has 0 radical (unpaired) electrons. The highest BCUT2D eigenvalue weighted by molar-refractivity contribution is 6.06. The quantitative estimate of drug-likeness (QED) is 0.885. The van der Waals surface area contributed by atoms with E-state index in [0.29, 0.717) is 18.0 Å². The summed E-state index contributed by atoms with van der Waals surface area (Å²) in [5.41, 5.74) is 2.56. The molecule has 4 rings (SSSR count). The van der Waals surface area contributed by atoms with Gasteiger partial charge in [-0.1, -0.05) is 36.4 Å². The van der Waals surface area contributed by atoms with E-state index in [2.05, 4.69) is 11.9 Å². The van der Waals surface area contributed by atoms with Gasteiger partial charge in [-0.15, -0.1) is 6.58 Å². The SMILES string of the molecule is C=CCN1C(=O)C(c2ccccc2)Nc2cc3c(cc21)OCO3. The Labute approximate surface area is 134 Å². The van der Waals surface area contributed by atoms with Crippen molar-refractivity contribution >= 4 is 17.3 Å². The van der Waals surface area contributed by atoms with Crippen LogP contribution >= 0.6 is 0 Å². The molecule has 1 atom stereocenters. The van der Waals surface area contributed by atoms with Crippen LogP contribution in [-0.4, -0.2) is 19.2 Å². The van der Waals surface area contributed by atoms with Crippen molar-refractivity contribution in [1.82, 2.24) is 0 Å². The van der Waals surface area contributed by atoms with Crippen LogP contribution in [0.4, 0.5) is 11.4 Å². The maximum atomic E-state index is 12.9. The molecule has 0 bridgehead atoms. The lowest BCUT2D eigenvalue weighted by Crippen LogP contribution is -2.42. The monoisotopic (exact) mass is 308 g/mol. The molecule has 2 aliphatic rings. The van der Waals surface area contributed by atoms with Crippen molar-refractivity contribution in [3.05, 3.63) is 60.7 Å². The molecule has 0 aromatic heterocycles. The van der Waals surface area contributed by atoms with Gasteiger partial charge in [0.25, 0.3) is 5.91 Å². The zero-order valence-electron chi connectivity index (χ0n) is 12.5. The number of anilines is 2. The summed E-state index contributed by atoms with van der Waals surface area (Å²) in [7, 11) is 0. The lowest BCUT2D eigenvalue weighted by atomic mass is 10.0. The Hall–Kier alpha value is -2.95. The van der Waals surface area contributed by atoms with Gasteiger partial charge in [-0.05, 0) is 5.56 Å². The Kier molecular flexibility index (Phi) is 3.19. The second-order valence-electron chi connectivity index (χ2n) is 5.45. The number of amides is 1. The number of carbonyl (C=O) groups is 1. The van der Waals surface area contributed by atoms with Crippen molar-refractivity contribution in [3.8, 4) is 11.5 Å². The number of benzene rings is 2. The van der Waals surface area contributed by atoms with Gasteiger partial charge >= 0.3 is 0 Å². The normalized spacial score (nSPS) is 18.3. The molecule has 0 aliphatic carbocycles. The first kappa shape index (κ1) is 13.7. The van der Waals surface area contributed by atoms with Gasteiger partial charge in [-0.2, -0.15) is 0 Å². The lowest BCUT2D eigenvalue weighted by molar-refractivity contribution is -0.119. The third-order valence-electron chi connectivity index (χ3n) is 4.04. The van der Waals surface area contributed by atoms with Gasteiger partial charge in [-0.25, -0.2) is 0 Å². The molecular formula is C18H16N2O3. The maximum Gasteiger partial charge on any atom is 0.254 e. The van der Waals surface area contributed by atoms with Crippen molar-refractivity contribution in [1.29, 1.82) is 0 Å². The Bertz CT molecular complexity index is 773. The van der Waals surface area contributed by atoms with Crippen LogP contribution < -0.4 is 19.7 Å². The number of nitrogens with zero attached hydrogens (tertiary/aromatic N) is 1. The minimum absolute atomic E-state index is 0.0116. The van der Waals surface area contributed by atoms with Crippen LogP contribution in [0.5, 0.6) is 11.5 Å². The van der Waals surface area contributed by atoms with Crippen LogP contribution in [0.3, 0.4) is 0 Å². The van der Waals surface area contributed by atoms with E-state index in [1.807, 2.05) is 42.5 Å². The fourth-order valence-electron chi connectivity index (χ4n) is 2.95. The van der Waals surface area contributed by atoms with Gasteiger partial charge in [0.05, 0.1) is 11.4 Å². The molecule has 1 N–H and O–H groups in total. The van der Waals surface area contributed by atoms with E-state index in [4.69, 9.17) is 9.47 Å².